The average molecular weight is 268 g/mol. The Kier molecular flexibility index (Phi) is 5.02. The van der Waals surface area contributed by atoms with Crippen molar-refractivity contribution in [2.45, 2.75) is 33.7 Å². The van der Waals surface area contributed by atoms with Gasteiger partial charge in [0.15, 0.2) is 5.69 Å². The molecule has 1 aromatic heterocycles. The van der Waals surface area contributed by atoms with Gasteiger partial charge in [-0.25, -0.2) is 9.48 Å². The van der Waals surface area contributed by atoms with Gasteiger partial charge in [-0.15, -0.1) is 5.10 Å². The molecule has 0 fully saturated rings. The first-order valence-corrected chi connectivity index (χ1v) is 6.26. The average Bonchev–Trinajstić information content (AvgIpc) is 2.70. The van der Waals surface area contributed by atoms with E-state index in [1.807, 2.05) is 20.8 Å². The van der Waals surface area contributed by atoms with Crippen LogP contribution < -0.4 is 0 Å². The van der Waals surface area contributed by atoms with Gasteiger partial charge in [-0.3, -0.25) is 4.79 Å². The Labute approximate surface area is 112 Å². The molecule has 0 aliphatic rings. The van der Waals surface area contributed by atoms with E-state index in [1.165, 1.54) is 4.68 Å². The summed E-state index contributed by atoms with van der Waals surface area (Å²) in [7, 11) is 1.69. The van der Waals surface area contributed by atoms with Gasteiger partial charge in [-0.1, -0.05) is 19.1 Å². The van der Waals surface area contributed by atoms with Gasteiger partial charge in [0.1, 0.15) is 6.54 Å². The minimum absolute atomic E-state index is 0.0205. The molecule has 1 amide bonds. The number of rotatable bonds is 6. The molecule has 0 atom stereocenters. The largest absolute Gasteiger partial charge is 0.476 e. The van der Waals surface area contributed by atoms with Crippen LogP contribution in [0.3, 0.4) is 0 Å². The van der Waals surface area contributed by atoms with Crippen molar-refractivity contribution in [3.05, 3.63) is 11.4 Å². The monoisotopic (exact) mass is 268 g/mol. The quantitative estimate of drug-likeness (QED) is 0.818. The maximum atomic E-state index is 11.9. The van der Waals surface area contributed by atoms with Crippen LogP contribution in [0.5, 0.6) is 0 Å². The lowest BCUT2D eigenvalue weighted by molar-refractivity contribution is -0.130. The zero-order valence-electron chi connectivity index (χ0n) is 11.8. The van der Waals surface area contributed by atoms with Gasteiger partial charge in [-0.05, 0) is 19.3 Å². The Hall–Kier alpha value is -1.92. The van der Waals surface area contributed by atoms with E-state index in [4.69, 9.17) is 5.11 Å². The fraction of sp³-hybridized carbons (Fsp3) is 0.667. The molecule has 1 heterocycles. The number of nitrogens with zero attached hydrogens (tertiary/aromatic N) is 4. The normalized spacial score (nSPS) is 10.8. The van der Waals surface area contributed by atoms with Crippen molar-refractivity contribution in [1.29, 1.82) is 0 Å². The highest BCUT2D eigenvalue weighted by molar-refractivity contribution is 5.86. The van der Waals surface area contributed by atoms with Gasteiger partial charge in [0.05, 0.1) is 5.69 Å². The molecule has 7 heteroatoms. The molecule has 0 saturated carbocycles. The Morgan fingerprint density at radius 3 is 2.53 bits per heavy atom. The van der Waals surface area contributed by atoms with E-state index < -0.39 is 5.97 Å². The van der Waals surface area contributed by atoms with Gasteiger partial charge < -0.3 is 10.0 Å². The van der Waals surface area contributed by atoms with Crippen molar-refractivity contribution in [1.82, 2.24) is 19.9 Å². The molecule has 0 radical (unpaired) electrons. The lowest BCUT2D eigenvalue weighted by Gasteiger charge is -2.15. The third-order valence-corrected chi connectivity index (χ3v) is 2.83. The lowest BCUT2D eigenvalue weighted by atomic mass is 10.1. The van der Waals surface area contributed by atoms with Crippen molar-refractivity contribution in [2.75, 3.05) is 13.6 Å². The van der Waals surface area contributed by atoms with E-state index in [9.17, 15) is 9.59 Å². The molecule has 0 aliphatic carbocycles. The highest BCUT2D eigenvalue weighted by atomic mass is 16.4. The molecule has 0 aromatic carbocycles. The summed E-state index contributed by atoms with van der Waals surface area (Å²) >= 11 is 0. The summed E-state index contributed by atoms with van der Waals surface area (Å²) in [5.74, 6) is -0.970. The summed E-state index contributed by atoms with van der Waals surface area (Å²) in [6.07, 6.45) is 0.526. The molecule has 1 aromatic rings. The van der Waals surface area contributed by atoms with Crippen LogP contribution in [0.25, 0.3) is 0 Å². The zero-order valence-corrected chi connectivity index (χ0v) is 11.8. The van der Waals surface area contributed by atoms with Crippen molar-refractivity contribution < 1.29 is 14.7 Å². The SMILES string of the molecule is CCN(C)C(=O)Cn1nnc(C(=O)O)c1CC(C)C. The van der Waals surface area contributed by atoms with Crippen molar-refractivity contribution in [3.63, 3.8) is 0 Å². The Balaban J connectivity index is 3.00. The summed E-state index contributed by atoms with van der Waals surface area (Å²) in [6.45, 7) is 6.44. The van der Waals surface area contributed by atoms with Gasteiger partial charge in [-0.2, -0.15) is 0 Å². The summed E-state index contributed by atoms with van der Waals surface area (Å²) in [6, 6.07) is 0. The van der Waals surface area contributed by atoms with E-state index in [2.05, 4.69) is 10.3 Å². The van der Waals surface area contributed by atoms with E-state index in [1.54, 1.807) is 11.9 Å². The Bertz CT molecular complexity index is 468. The number of carboxylic acids is 1. The number of carboxylic acid groups (broad SMARTS) is 1. The number of hydrogen-bond donors (Lipinski definition) is 1. The van der Waals surface area contributed by atoms with Gasteiger partial charge >= 0.3 is 5.97 Å². The first-order valence-electron chi connectivity index (χ1n) is 6.26. The second-order valence-electron chi connectivity index (χ2n) is 4.85. The second kappa shape index (κ2) is 6.31. The van der Waals surface area contributed by atoms with E-state index in [-0.39, 0.29) is 24.1 Å². The summed E-state index contributed by atoms with van der Waals surface area (Å²) in [5.41, 5.74) is 0.431. The second-order valence-corrected chi connectivity index (χ2v) is 4.85. The van der Waals surface area contributed by atoms with E-state index in [0.717, 1.165) is 0 Å². The van der Waals surface area contributed by atoms with Crippen LogP contribution in [0.4, 0.5) is 0 Å². The molecular weight excluding hydrogens is 248 g/mol. The van der Waals surface area contributed by atoms with Crippen LogP contribution in [-0.4, -0.2) is 50.5 Å². The fourth-order valence-corrected chi connectivity index (χ4v) is 1.64. The predicted octanol–water partition coefficient (Wildman–Crippen LogP) is 0.653. The number of aromatic carboxylic acids is 1. The molecule has 19 heavy (non-hydrogen) atoms. The molecular formula is C12H20N4O3. The highest BCUT2D eigenvalue weighted by Crippen LogP contribution is 2.12. The number of likely N-dealkylation sites (N-methyl/N-ethyl adjacent to an activating group) is 1. The zero-order chi connectivity index (χ0) is 14.6. The van der Waals surface area contributed by atoms with Crippen LogP contribution in [0.15, 0.2) is 0 Å². The highest BCUT2D eigenvalue weighted by Gasteiger charge is 2.21. The minimum atomic E-state index is -1.11. The molecule has 106 valence electrons. The molecule has 7 nitrogen and oxygen atoms in total. The standard InChI is InChI=1S/C12H20N4O3/c1-5-15(4)10(17)7-16-9(6-8(2)3)11(12(18)19)13-14-16/h8H,5-7H2,1-4H3,(H,18,19). The van der Waals surface area contributed by atoms with Crippen LogP contribution in [0.1, 0.15) is 37.0 Å². The van der Waals surface area contributed by atoms with Gasteiger partial charge in [0.2, 0.25) is 5.91 Å². The maximum absolute atomic E-state index is 11.9. The fourth-order valence-electron chi connectivity index (χ4n) is 1.64. The minimum Gasteiger partial charge on any atom is -0.476 e. The topological polar surface area (TPSA) is 88.3 Å². The number of hydrogen-bond acceptors (Lipinski definition) is 4. The molecule has 0 bridgehead atoms. The Morgan fingerprint density at radius 2 is 2.05 bits per heavy atom. The van der Waals surface area contributed by atoms with Crippen LogP contribution in [0, 0.1) is 5.92 Å². The van der Waals surface area contributed by atoms with Gasteiger partial charge in [0, 0.05) is 13.6 Å². The van der Waals surface area contributed by atoms with E-state index in [0.29, 0.717) is 18.7 Å². The van der Waals surface area contributed by atoms with Gasteiger partial charge in [0.25, 0.3) is 0 Å². The number of amides is 1. The van der Waals surface area contributed by atoms with Crippen LogP contribution in [0.2, 0.25) is 0 Å². The molecule has 0 aliphatic heterocycles. The predicted molar refractivity (Wildman–Crippen MR) is 68.8 cm³/mol. The smallest absolute Gasteiger partial charge is 0.358 e. The van der Waals surface area contributed by atoms with Crippen LogP contribution >= 0.6 is 0 Å². The first-order chi connectivity index (χ1) is 8.86. The molecule has 0 unspecified atom stereocenters. The molecule has 1 rings (SSSR count). The van der Waals surface area contributed by atoms with Crippen molar-refractivity contribution in [3.8, 4) is 0 Å². The summed E-state index contributed by atoms with van der Waals surface area (Å²) in [4.78, 5) is 24.5. The first kappa shape index (κ1) is 15.1. The lowest BCUT2D eigenvalue weighted by Crippen LogP contribution is -2.31. The number of carbonyl (C=O) groups excluding carboxylic acids is 1. The molecule has 1 N–H and O–H groups in total. The number of aromatic nitrogens is 3. The summed E-state index contributed by atoms with van der Waals surface area (Å²) in [5, 5.41) is 16.5. The maximum Gasteiger partial charge on any atom is 0.358 e. The third kappa shape index (κ3) is 3.77. The number of carbonyl (C=O) groups is 2. The van der Waals surface area contributed by atoms with Crippen LogP contribution in [-0.2, 0) is 17.8 Å². The van der Waals surface area contributed by atoms with E-state index >= 15 is 0 Å². The summed E-state index contributed by atoms with van der Waals surface area (Å²) < 4.78 is 1.39. The molecule has 0 saturated heterocycles. The molecule has 0 spiro atoms. The third-order valence-electron chi connectivity index (χ3n) is 2.83. The van der Waals surface area contributed by atoms with Crippen molar-refractivity contribution >= 4 is 11.9 Å². The Morgan fingerprint density at radius 1 is 1.42 bits per heavy atom. The van der Waals surface area contributed by atoms with Crippen molar-refractivity contribution in [2.24, 2.45) is 5.92 Å².